The van der Waals surface area contributed by atoms with Crippen molar-refractivity contribution in [2.75, 3.05) is 14.2 Å². The van der Waals surface area contributed by atoms with E-state index in [1.165, 1.54) is 11.6 Å². The molecule has 0 aromatic heterocycles. The van der Waals surface area contributed by atoms with E-state index in [1.54, 1.807) is 13.2 Å². The van der Waals surface area contributed by atoms with E-state index >= 15 is 0 Å². The maximum absolute atomic E-state index is 13.8. The molecule has 3 heteroatoms. The van der Waals surface area contributed by atoms with Crippen molar-refractivity contribution < 1.29 is 9.13 Å². The molecule has 1 N–H and O–H groups in total. The third-order valence-corrected chi connectivity index (χ3v) is 3.51. The molecule has 0 bridgehead atoms. The number of halogens is 1. The van der Waals surface area contributed by atoms with Crippen molar-refractivity contribution >= 4 is 0 Å². The Kier molecular flexibility index (Phi) is 5.13. The van der Waals surface area contributed by atoms with Gasteiger partial charge in [-0.3, -0.25) is 0 Å². The molecule has 2 rings (SSSR count). The Hall–Kier alpha value is -1.87. The molecule has 0 saturated carbocycles. The van der Waals surface area contributed by atoms with Crippen LogP contribution in [0.25, 0.3) is 0 Å². The molecule has 0 radical (unpaired) electrons. The Morgan fingerprint density at radius 2 is 1.80 bits per heavy atom. The first-order valence-electron chi connectivity index (χ1n) is 6.79. The van der Waals surface area contributed by atoms with Gasteiger partial charge in [-0.1, -0.05) is 30.3 Å². The van der Waals surface area contributed by atoms with Crippen molar-refractivity contribution in [2.24, 2.45) is 0 Å². The second-order valence-electron chi connectivity index (χ2n) is 4.75. The molecule has 0 heterocycles. The zero-order valence-corrected chi connectivity index (χ0v) is 11.9. The minimum atomic E-state index is -0.151. The zero-order chi connectivity index (χ0) is 14.4. The maximum Gasteiger partial charge on any atom is 0.127 e. The van der Waals surface area contributed by atoms with Gasteiger partial charge < -0.3 is 10.1 Å². The minimum absolute atomic E-state index is 0.0262. The van der Waals surface area contributed by atoms with E-state index in [4.69, 9.17) is 4.74 Å². The number of hydrogen-bond acceptors (Lipinski definition) is 2. The molecule has 20 heavy (non-hydrogen) atoms. The van der Waals surface area contributed by atoms with Gasteiger partial charge in [0.25, 0.3) is 0 Å². The van der Waals surface area contributed by atoms with E-state index in [0.29, 0.717) is 0 Å². The maximum atomic E-state index is 13.8. The number of hydrogen-bond donors (Lipinski definition) is 1. The summed E-state index contributed by atoms with van der Waals surface area (Å²) in [7, 11) is 3.52. The average molecular weight is 273 g/mol. The number of rotatable bonds is 6. The van der Waals surface area contributed by atoms with Crippen molar-refractivity contribution in [1.82, 2.24) is 5.32 Å². The van der Waals surface area contributed by atoms with Crippen molar-refractivity contribution in [2.45, 2.75) is 18.9 Å². The first kappa shape index (κ1) is 14.5. The lowest BCUT2D eigenvalue weighted by atomic mass is 9.98. The highest BCUT2D eigenvalue weighted by Crippen LogP contribution is 2.22. The Morgan fingerprint density at radius 3 is 2.40 bits per heavy atom. The molecule has 0 aliphatic rings. The summed E-state index contributed by atoms with van der Waals surface area (Å²) in [5.41, 5.74) is 1.95. The predicted molar refractivity (Wildman–Crippen MR) is 79.5 cm³/mol. The molecule has 0 aliphatic carbocycles. The monoisotopic (exact) mass is 273 g/mol. The summed E-state index contributed by atoms with van der Waals surface area (Å²) >= 11 is 0. The van der Waals surface area contributed by atoms with Crippen molar-refractivity contribution in [3.05, 3.63) is 65.5 Å². The fourth-order valence-corrected chi connectivity index (χ4v) is 2.32. The number of ether oxygens (including phenoxy) is 1. The SMILES string of the molecule is CNC(CCc1ccc(OC)cc1)c1ccccc1F. The van der Waals surface area contributed by atoms with Gasteiger partial charge in [0.15, 0.2) is 0 Å². The molecule has 0 spiro atoms. The number of aryl methyl sites for hydroxylation is 1. The molecule has 2 nitrogen and oxygen atoms in total. The van der Waals surface area contributed by atoms with Gasteiger partial charge in [0.1, 0.15) is 11.6 Å². The van der Waals surface area contributed by atoms with Crippen LogP contribution in [0.2, 0.25) is 0 Å². The minimum Gasteiger partial charge on any atom is -0.497 e. The standard InChI is InChI=1S/C17H20FNO/c1-19-17(15-5-3-4-6-16(15)18)12-9-13-7-10-14(20-2)11-8-13/h3-8,10-11,17,19H,9,12H2,1-2H3. The highest BCUT2D eigenvalue weighted by atomic mass is 19.1. The summed E-state index contributed by atoms with van der Waals surface area (Å²) in [5.74, 6) is 0.703. The van der Waals surface area contributed by atoms with Crippen LogP contribution in [-0.4, -0.2) is 14.2 Å². The van der Waals surface area contributed by atoms with Gasteiger partial charge >= 0.3 is 0 Å². The highest BCUT2D eigenvalue weighted by molar-refractivity contribution is 5.28. The van der Waals surface area contributed by atoms with Crippen LogP contribution < -0.4 is 10.1 Å². The summed E-state index contributed by atoms with van der Waals surface area (Å²) in [6.45, 7) is 0. The first-order chi connectivity index (χ1) is 9.74. The number of benzene rings is 2. The van der Waals surface area contributed by atoms with Crippen LogP contribution in [0.15, 0.2) is 48.5 Å². The van der Waals surface area contributed by atoms with Gasteiger partial charge in [-0.2, -0.15) is 0 Å². The molecule has 2 aromatic rings. The summed E-state index contributed by atoms with van der Waals surface area (Å²) < 4.78 is 18.9. The Bertz CT molecular complexity index is 539. The van der Waals surface area contributed by atoms with Gasteiger partial charge in [-0.15, -0.1) is 0 Å². The fraction of sp³-hybridized carbons (Fsp3) is 0.294. The van der Waals surface area contributed by atoms with Crippen LogP contribution in [-0.2, 0) is 6.42 Å². The summed E-state index contributed by atoms with van der Waals surface area (Å²) in [6.07, 6.45) is 1.74. The first-order valence-corrected chi connectivity index (χ1v) is 6.79. The predicted octanol–water partition coefficient (Wildman–Crippen LogP) is 3.73. The molecule has 106 valence electrons. The van der Waals surface area contributed by atoms with Crippen LogP contribution >= 0.6 is 0 Å². The van der Waals surface area contributed by atoms with E-state index in [0.717, 1.165) is 24.2 Å². The van der Waals surface area contributed by atoms with Gasteiger partial charge in [-0.25, -0.2) is 4.39 Å². The summed E-state index contributed by atoms with van der Waals surface area (Å²) in [4.78, 5) is 0. The van der Waals surface area contributed by atoms with Gasteiger partial charge in [0.2, 0.25) is 0 Å². The quantitative estimate of drug-likeness (QED) is 0.866. The molecule has 1 atom stereocenters. The van der Waals surface area contributed by atoms with Crippen LogP contribution in [0.4, 0.5) is 4.39 Å². The molecule has 0 amide bonds. The summed E-state index contributed by atoms with van der Waals surface area (Å²) in [5, 5.41) is 3.19. The zero-order valence-electron chi connectivity index (χ0n) is 11.9. The Balaban J connectivity index is 2.02. The fourth-order valence-electron chi connectivity index (χ4n) is 2.32. The van der Waals surface area contributed by atoms with E-state index < -0.39 is 0 Å². The second-order valence-corrected chi connectivity index (χ2v) is 4.75. The van der Waals surface area contributed by atoms with Crippen LogP contribution in [0.1, 0.15) is 23.6 Å². The molecule has 0 saturated heterocycles. The normalized spacial score (nSPS) is 12.2. The van der Waals surface area contributed by atoms with Gasteiger partial charge in [0.05, 0.1) is 7.11 Å². The largest absolute Gasteiger partial charge is 0.497 e. The molecular formula is C17H20FNO. The smallest absolute Gasteiger partial charge is 0.127 e. The molecule has 0 aliphatic heterocycles. The van der Waals surface area contributed by atoms with E-state index in [-0.39, 0.29) is 11.9 Å². The summed E-state index contributed by atoms with van der Waals surface area (Å²) in [6, 6.07) is 15.0. The van der Waals surface area contributed by atoms with E-state index in [2.05, 4.69) is 5.32 Å². The third-order valence-electron chi connectivity index (χ3n) is 3.51. The number of nitrogens with one attached hydrogen (secondary N) is 1. The van der Waals surface area contributed by atoms with Crippen molar-refractivity contribution in [3.8, 4) is 5.75 Å². The van der Waals surface area contributed by atoms with E-state index in [9.17, 15) is 4.39 Å². The van der Waals surface area contributed by atoms with Crippen molar-refractivity contribution in [1.29, 1.82) is 0 Å². The molecular weight excluding hydrogens is 253 g/mol. The lowest BCUT2D eigenvalue weighted by Crippen LogP contribution is -2.18. The van der Waals surface area contributed by atoms with Gasteiger partial charge in [0, 0.05) is 11.6 Å². The molecule has 1 unspecified atom stereocenters. The lowest BCUT2D eigenvalue weighted by Gasteiger charge is -2.17. The Morgan fingerprint density at radius 1 is 1.10 bits per heavy atom. The van der Waals surface area contributed by atoms with Gasteiger partial charge in [-0.05, 0) is 43.7 Å². The average Bonchev–Trinajstić information content (AvgIpc) is 2.50. The van der Waals surface area contributed by atoms with Crippen LogP contribution in [0.5, 0.6) is 5.75 Å². The molecule has 2 aromatic carbocycles. The topological polar surface area (TPSA) is 21.3 Å². The second kappa shape index (κ2) is 7.06. The lowest BCUT2D eigenvalue weighted by molar-refractivity contribution is 0.414. The van der Waals surface area contributed by atoms with E-state index in [1.807, 2.05) is 43.4 Å². The third kappa shape index (κ3) is 3.58. The van der Waals surface area contributed by atoms with Crippen molar-refractivity contribution in [3.63, 3.8) is 0 Å². The Labute approximate surface area is 119 Å². The highest BCUT2D eigenvalue weighted by Gasteiger charge is 2.13. The van der Waals surface area contributed by atoms with Crippen LogP contribution in [0.3, 0.4) is 0 Å². The van der Waals surface area contributed by atoms with Crippen LogP contribution in [0, 0.1) is 5.82 Å². The number of methoxy groups -OCH3 is 1. The molecule has 0 fully saturated rings.